The van der Waals surface area contributed by atoms with Crippen LogP contribution < -0.4 is 19.1 Å². The van der Waals surface area contributed by atoms with Crippen molar-refractivity contribution >= 4 is 11.7 Å². The smallest absolute Gasteiger partial charge is 0.225 e. The van der Waals surface area contributed by atoms with Gasteiger partial charge in [0.05, 0.1) is 32.6 Å². The molecule has 1 saturated heterocycles. The van der Waals surface area contributed by atoms with Gasteiger partial charge in [-0.3, -0.25) is 4.79 Å². The summed E-state index contributed by atoms with van der Waals surface area (Å²) in [4.78, 5) is 24.6. The number of hydrogen-bond donors (Lipinski definition) is 0. The highest BCUT2D eigenvalue weighted by Crippen LogP contribution is 2.42. The quantitative estimate of drug-likeness (QED) is 0.719. The Hall–Kier alpha value is -2.83. The van der Waals surface area contributed by atoms with Crippen molar-refractivity contribution in [2.45, 2.75) is 39.0 Å². The van der Waals surface area contributed by atoms with Crippen molar-refractivity contribution in [1.82, 2.24) is 9.97 Å². The molecule has 1 fully saturated rings. The summed E-state index contributed by atoms with van der Waals surface area (Å²) >= 11 is 0. The van der Waals surface area contributed by atoms with Gasteiger partial charge in [-0.2, -0.15) is 0 Å². The number of nitrogens with zero attached hydrogens (tertiary/aromatic N) is 3. The molecule has 7 nitrogen and oxygen atoms in total. The number of benzene rings is 1. The lowest BCUT2D eigenvalue weighted by Crippen LogP contribution is -2.40. The third kappa shape index (κ3) is 4.18. The molecule has 1 aliphatic heterocycles. The molecule has 0 spiro atoms. The van der Waals surface area contributed by atoms with Crippen LogP contribution in [0.1, 0.15) is 54.2 Å². The summed E-state index contributed by atoms with van der Waals surface area (Å²) in [5, 5.41) is 0. The number of carbonyl (C=O) groups is 1. The van der Waals surface area contributed by atoms with Gasteiger partial charge in [0.2, 0.25) is 11.7 Å². The number of piperidine rings is 1. The fraction of sp³-hybridized carbons (Fsp3) is 0.542. The number of anilines is 1. The average Bonchev–Trinajstić information content (AvgIpc) is 2.76. The molecule has 0 N–H and O–H groups in total. The minimum Gasteiger partial charge on any atom is -0.493 e. The van der Waals surface area contributed by atoms with E-state index in [4.69, 9.17) is 19.2 Å². The maximum absolute atomic E-state index is 12.9. The Labute approximate surface area is 183 Å². The van der Waals surface area contributed by atoms with E-state index in [1.807, 2.05) is 12.1 Å². The van der Waals surface area contributed by atoms with Gasteiger partial charge in [0.25, 0.3) is 0 Å². The van der Waals surface area contributed by atoms with E-state index in [0.717, 1.165) is 30.3 Å². The molecule has 166 valence electrons. The van der Waals surface area contributed by atoms with Crippen molar-refractivity contribution < 1.29 is 19.0 Å². The van der Waals surface area contributed by atoms with Gasteiger partial charge in [0.15, 0.2) is 17.3 Å². The van der Waals surface area contributed by atoms with Crippen molar-refractivity contribution in [2.75, 3.05) is 39.3 Å². The largest absolute Gasteiger partial charge is 0.493 e. The number of carbonyl (C=O) groups excluding carboxylic acids is 1. The maximum Gasteiger partial charge on any atom is 0.225 e. The fourth-order valence-corrected chi connectivity index (χ4v) is 4.99. The van der Waals surface area contributed by atoms with E-state index in [-0.39, 0.29) is 11.7 Å². The van der Waals surface area contributed by atoms with Gasteiger partial charge in [0, 0.05) is 25.7 Å². The zero-order valence-electron chi connectivity index (χ0n) is 19.0. The topological polar surface area (TPSA) is 73.8 Å². The van der Waals surface area contributed by atoms with Crippen LogP contribution >= 0.6 is 0 Å². The second-order valence-corrected chi connectivity index (χ2v) is 8.87. The van der Waals surface area contributed by atoms with Crippen LogP contribution in [0.3, 0.4) is 0 Å². The molecule has 1 aromatic carbocycles. The molecule has 0 saturated carbocycles. The van der Waals surface area contributed by atoms with E-state index in [1.54, 1.807) is 27.5 Å². The number of hydrogen-bond acceptors (Lipinski definition) is 7. The first-order valence-electron chi connectivity index (χ1n) is 10.9. The molecular formula is C24H31N3O4. The first-order valence-corrected chi connectivity index (χ1v) is 10.9. The maximum atomic E-state index is 12.9. The molecule has 2 aliphatic rings. The summed E-state index contributed by atoms with van der Waals surface area (Å²) in [6, 6.07) is 3.86. The van der Waals surface area contributed by atoms with Gasteiger partial charge in [-0.25, -0.2) is 9.97 Å². The third-order valence-electron chi connectivity index (χ3n) is 6.34. The van der Waals surface area contributed by atoms with Crippen LogP contribution in [0.4, 0.5) is 5.95 Å². The van der Waals surface area contributed by atoms with E-state index in [9.17, 15) is 4.79 Å². The van der Waals surface area contributed by atoms with Gasteiger partial charge in [-0.1, -0.05) is 13.8 Å². The number of fused-ring (bicyclic) bond motifs is 1. The van der Waals surface area contributed by atoms with Crippen molar-refractivity contribution in [1.29, 1.82) is 0 Å². The van der Waals surface area contributed by atoms with Gasteiger partial charge in [-0.05, 0) is 48.3 Å². The Balaban J connectivity index is 1.65. The zero-order valence-corrected chi connectivity index (χ0v) is 19.0. The molecule has 0 radical (unpaired) electrons. The van der Waals surface area contributed by atoms with Crippen LogP contribution in [0.15, 0.2) is 18.3 Å². The summed E-state index contributed by atoms with van der Waals surface area (Å²) in [7, 11) is 4.78. The molecule has 3 atom stereocenters. The van der Waals surface area contributed by atoms with E-state index in [1.165, 1.54) is 6.42 Å². The molecule has 0 bridgehead atoms. The number of ether oxygens (including phenoxy) is 3. The van der Waals surface area contributed by atoms with Crippen LogP contribution in [0, 0.1) is 11.8 Å². The summed E-state index contributed by atoms with van der Waals surface area (Å²) in [6.45, 7) is 6.44. The van der Waals surface area contributed by atoms with E-state index in [2.05, 4.69) is 23.7 Å². The number of methoxy groups -OCH3 is 3. The molecule has 2 aromatic rings. The van der Waals surface area contributed by atoms with Gasteiger partial charge < -0.3 is 19.1 Å². The SMILES string of the molecule is COc1cc([C@@H]2CC(=O)c3cnc(N4C[C@H](C)C[C@@H](C)C4)nc3C2)cc(OC)c1OC. The molecule has 0 amide bonds. The predicted octanol–water partition coefficient (Wildman–Crippen LogP) is 3.90. The monoisotopic (exact) mass is 425 g/mol. The van der Waals surface area contributed by atoms with Crippen LogP contribution in [0.5, 0.6) is 17.2 Å². The van der Waals surface area contributed by atoms with Crippen LogP contribution in [-0.4, -0.2) is 50.2 Å². The van der Waals surface area contributed by atoms with Crippen LogP contribution in [-0.2, 0) is 6.42 Å². The van der Waals surface area contributed by atoms with Crippen molar-refractivity contribution in [3.63, 3.8) is 0 Å². The Morgan fingerprint density at radius 3 is 2.19 bits per heavy atom. The first kappa shape index (κ1) is 21.4. The van der Waals surface area contributed by atoms with Crippen LogP contribution in [0.25, 0.3) is 0 Å². The number of Topliss-reactive ketones (excluding diaryl/α,β-unsaturated/α-hetero) is 1. The summed E-state index contributed by atoms with van der Waals surface area (Å²) in [5.74, 6) is 3.76. The van der Waals surface area contributed by atoms with Crippen molar-refractivity contribution in [2.24, 2.45) is 11.8 Å². The standard InChI is InChI=1S/C24H31N3O4/c1-14-6-15(2)13-27(12-14)24-25-11-18-19(26-24)7-16(8-20(18)28)17-9-21(29-3)23(31-5)22(10-17)30-4/h9-11,14-16H,6-8,12-13H2,1-5H3/t14-,15-,16+/m1/s1. The third-order valence-corrected chi connectivity index (χ3v) is 6.34. The van der Waals surface area contributed by atoms with Crippen molar-refractivity contribution in [3.8, 4) is 17.2 Å². The average molecular weight is 426 g/mol. The van der Waals surface area contributed by atoms with Crippen molar-refractivity contribution in [3.05, 3.63) is 35.2 Å². The van der Waals surface area contributed by atoms with Gasteiger partial charge >= 0.3 is 0 Å². The summed E-state index contributed by atoms with van der Waals surface area (Å²) < 4.78 is 16.4. The molecular weight excluding hydrogens is 394 g/mol. The van der Waals surface area contributed by atoms with Gasteiger partial charge in [0.1, 0.15) is 0 Å². The highest BCUT2D eigenvalue weighted by Gasteiger charge is 2.31. The first-order chi connectivity index (χ1) is 14.9. The number of rotatable bonds is 5. The molecule has 0 unspecified atom stereocenters. The minimum absolute atomic E-state index is 0.00402. The molecule has 1 aromatic heterocycles. The number of ketones is 1. The Morgan fingerprint density at radius 2 is 1.61 bits per heavy atom. The van der Waals surface area contributed by atoms with E-state index in [0.29, 0.717) is 47.5 Å². The predicted molar refractivity (Wildman–Crippen MR) is 119 cm³/mol. The highest BCUT2D eigenvalue weighted by atomic mass is 16.5. The minimum atomic E-state index is -0.00402. The Morgan fingerprint density at radius 1 is 0.968 bits per heavy atom. The molecule has 4 rings (SSSR count). The van der Waals surface area contributed by atoms with E-state index >= 15 is 0 Å². The lowest BCUT2D eigenvalue weighted by atomic mass is 9.82. The fourth-order valence-electron chi connectivity index (χ4n) is 4.99. The zero-order chi connectivity index (χ0) is 22.1. The molecule has 7 heteroatoms. The van der Waals surface area contributed by atoms with E-state index < -0.39 is 0 Å². The van der Waals surface area contributed by atoms with Gasteiger partial charge in [-0.15, -0.1) is 0 Å². The summed E-state index contributed by atoms with van der Waals surface area (Å²) in [5.41, 5.74) is 2.45. The second-order valence-electron chi connectivity index (χ2n) is 8.87. The molecule has 2 heterocycles. The Bertz CT molecular complexity index is 942. The molecule has 31 heavy (non-hydrogen) atoms. The second kappa shape index (κ2) is 8.73. The lowest BCUT2D eigenvalue weighted by Gasteiger charge is -2.35. The normalized spacial score (nSPS) is 23.3. The molecule has 1 aliphatic carbocycles. The van der Waals surface area contributed by atoms with Crippen LogP contribution in [0.2, 0.25) is 0 Å². The summed E-state index contributed by atoms with van der Waals surface area (Å²) in [6.07, 6.45) is 4.03. The number of aromatic nitrogens is 2. The Kier molecular flexibility index (Phi) is 6.03. The highest BCUT2D eigenvalue weighted by molar-refractivity contribution is 5.98. The lowest BCUT2D eigenvalue weighted by molar-refractivity contribution is 0.0962.